The van der Waals surface area contributed by atoms with E-state index in [2.05, 4.69) is 71.7 Å². The van der Waals surface area contributed by atoms with Crippen LogP contribution in [0.2, 0.25) is 0 Å². The van der Waals surface area contributed by atoms with Gasteiger partial charge in [0.1, 0.15) is 0 Å². The number of rotatable bonds is 9. The molecule has 7 atom stereocenters. The quantitative estimate of drug-likeness (QED) is 0.261. The van der Waals surface area contributed by atoms with Gasteiger partial charge in [-0.25, -0.2) is 0 Å². The van der Waals surface area contributed by atoms with Crippen molar-refractivity contribution >= 4 is 0 Å². The fourth-order valence-corrected chi connectivity index (χ4v) is 6.07. The Morgan fingerprint density at radius 1 is 0.967 bits per heavy atom. The molecule has 30 heavy (non-hydrogen) atoms. The van der Waals surface area contributed by atoms with Crippen LogP contribution in [0.1, 0.15) is 98.8 Å². The van der Waals surface area contributed by atoms with Crippen molar-refractivity contribution < 1.29 is 0 Å². The molecule has 6 unspecified atom stereocenters. The second-order valence-electron chi connectivity index (χ2n) is 10.4. The highest BCUT2D eigenvalue weighted by molar-refractivity contribution is 5.01. The van der Waals surface area contributed by atoms with Gasteiger partial charge in [-0.2, -0.15) is 0 Å². The lowest BCUT2D eigenvalue weighted by Gasteiger charge is -2.39. The number of hydrogen-bond donors (Lipinski definition) is 0. The van der Waals surface area contributed by atoms with E-state index in [9.17, 15) is 0 Å². The van der Waals surface area contributed by atoms with Gasteiger partial charge in [-0.05, 0) is 99.2 Å². The van der Waals surface area contributed by atoms with E-state index in [1.165, 1.54) is 64.2 Å². The Balaban J connectivity index is 0.00000141. The molecule has 0 saturated heterocycles. The van der Waals surface area contributed by atoms with Crippen molar-refractivity contribution in [2.24, 2.45) is 40.9 Å². The van der Waals surface area contributed by atoms with Gasteiger partial charge in [0.15, 0.2) is 0 Å². The first-order valence-electron chi connectivity index (χ1n) is 12.9. The maximum absolute atomic E-state index is 4.28. The van der Waals surface area contributed by atoms with Crippen LogP contribution in [0.15, 0.2) is 50.1 Å². The summed E-state index contributed by atoms with van der Waals surface area (Å²) in [5, 5.41) is 0. The minimum absolute atomic E-state index is 0.364. The lowest BCUT2D eigenvalue weighted by molar-refractivity contribution is 0.143. The van der Waals surface area contributed by atoms with E-state index in [0.29, 0.717) is 17.3 Å². The smallest absolute Gasteiger partial charge is 0.0185 e. The Kier molecular flexibility index (Phi) is 12.7. The van der Waals surface area contributed by atoms with Gasteiger partial charge < -0.3 is 0 Å². The van der Waals surface area contributed by atoms with Crippen LogP contribution >= 0.6 is 0 Å². The van der Waals surface area contributed by atoms with Gasteiger partial charge in [0, 0.05) is 0 Å². The molecule has 0 aromatic rings. The zero-order chi connectivity index (χ0) is 22.6. The molecule has 172 valence electrons. The molecule has 0 radical (unpaired) electrons. The molecule has 0 amide bonds. The molecule has 2 aliphatic carbocycles. The van der Waals surface area contributed by atoms with Crippen molar-refractivity contribution in [1.82, 2.24) is 0 Å². The monoisotopic (exact) mass is 412 g/mol. The molecule has 0 heterocycles. The third kappa shape index (κ3) is 7.90. The van der Waals surface area contributed by atoms with E-state index in [1.807, 2.05) is 6.92 Å². The summed E-state index contributed by atoms with van der Waals surface area (Å²) in [7, 11) is 0. The van der Waals surface area contributed by atoms with Crippen molar-refractivity contribution in [3.05, 3.63) is 50.1 Å². The predicted molar refractivity (Wildman–Crippen MR) is 138 cm³/mol. The Labute approximate surface area is 190 Å². The molecule has 0 nitrogen and oxygen atoms in total. The summed E-state index contributed by atoms with van der Waals surface area (Å²) >= 11 is 0. The normalized spacial score (nSPS) is 30.6. The standard InChI is InChI=1S/C27H46.C3H6/c1-7-22(20-27(6,10-4)26(8-2)9-3)23-12-11-13-24(19-18-23)25-16-14-21(5)15-17-25;1-3-2/h7-8,14,16,21-26H,1-2,9-13,15,17-20H2,3-6H3;3H,1H2,2H3/t21?,22?,23?,24?,25?,26-,27?;/m0./s1. The summed E-state index contributed by atoms with van der Waals surface area (Å²) in [5.74, 6) is 4.72. The van der Waals surface area contributed by atoms with Gasteiger partial charge in [0.2, 0.25) is 0 Å². The number of hydrogen-bond acceptors (Lipinski definition) is 0. The Morgan fingerprint density at radius 2 is 1.67 bits per heavy atom. The fraction of sp³-hybridized carbons (Fsp3) is 0.733. The first-order valence-corrected chi connectivity index (χ1v) is 12.9. The van der Waals surface area contributed by atoms with E-state index in [-0.39, 0.29) is 0 Å². The Morgan fingerprint density at radius 3 is 2.17 bits per heavy atom. The van der Waals surface area contributed by atoms with E-state index < -0.39 is 0 Å². The molecule has 0 N–H and O–H groups in total. The second-order valence-corrected chi connectivity index (χ2v) is 10.4. The summed E-state index contributed by atoms with van der Waals surface area (Å²) in [6.45, 7) is 23.2. The maximum atomic E-state index is 4.28. The highest BCUT2D eigenvalue weighted by atomic mass is 14.4. The van der Waals surface area contributed by atoms with Gasteiger partial charge in [0.25, 0.3) is 0 Å². The second kappa shape index (κ2) is 14.1. The molecule has 1 saturated carbocycles. The van der Waals surface area contributed by atoms with Crippen molar-refractivity contribution in [3.8, 4) is 0 Å². The van der Waals surface area contributed by atoms with Crippen molar-refractivity contribution in [1.29, 1.82) is 0 Å². The van der Waals surface area contributed by atoms with Gasteiger partial charge in [-0.3, -0.25) is 0 Å². The minimum Gasteiger partial charge on any atom is -0.103 e. The number of allylic oxidation sites excluding steroid dienone is 5. The summed E-state index contributed by atoms with van der Waals surface area (Å²) in [4.78, 5) is 0. The summed E-state index contributed by atoms with van der Waals surface area (Å²) < 4.78 is 0. The van der Waals surface area contributed by atoms with Gasteiger partial charge in [0.05, 0.1) is 0 Å². The zero-order valence-electron chi connectivity index (χ0n) is 21.0. The zero-order valence-corrected chi connectivity index (χ0v) is 21.0. The topological polar surface area (TPSA) is 0 Å². The van der Waals surface area contributed by atoms with Crippen LogP contribution in [0.25, 0.3) is 0 Å². The van der Waals surface area contributed by atoms with Gasteiger partial charge in [-0.15, -0.1) is 19.7 Å². The van der Waals surface area contributed by atoms with Crippen LogP contribution in [0.5, 0.6) is 0 Å². The molecule has 1 fully saturated rings. The van der Waals surface area contributed by atoms with Gasteiger partial charge in [-0.1, -0.05) is 70.9 Å². The molecular formula is C30H52. The molecule has 0 heteroatoms. The highest BCUT2D eigenvalue weighted by Crippen LogP contribution is 2.46. The maximum Gasteiger partial charge on any atom is -0.0185 e. The van der Waals surface area contributed by atoms with Crippen molar-refractivity contribution in [3.63, 3.8) is 0 Å². The van der Waals surface area contributed by atoms with Crippen LogP contribution < -0.4 is 0 Å². The molecule has 0 spiro atoms. The van der Waals surface area contributed by atoms with Crippen molar-refractivity contribution in [2.45, 2.75) is 98.8 Å². The SMILES string of the molecule is C=CC.C=CC(CC(C)(CC)[C@@H](C=C)CC)C1CCCC(C2C=CC(C)CC2)CC1. The average Bonchev–Trinajstić information content (AvgIpc) is 3.00. The summed E-state index contributed by atoms with van der Waals surface area (Å²) in [6.07, 6.45) is 25.0. The van der Waals surface area contributed by atoms with Gasteiger partial charge >= 0.3 is 0 Å². The molecule has 2 aliphatic rings. The van der Waals surface area contributed by atoms with E-state index in [0.717, 1.165) is 23.7 Å². The molecule has 0 aliphatic heterocycles. The third-order valence-electron chi connectivity index (χ3n) is 8.34. The summed E-state index contributed by atoms with van der Waals surface area (Å²) in [5.41, 5.74) is 0.364. The molecular weight excluding hydrogens is 360 g/mol. The van der Waals surface area contributed by atoms with Crippen LogP contribution in [0, 0.1) is 40.9 Å². The third-order valence-corrected chi connectivity index (χ3v) is 8.34. The van der Waals surface area contributed by atoms with Crippen LogP contribution in [-0.4, -0.2) is 0 Å². The highest BCUT2D eigenvalue weighted by Gasteiger charge is 2.35. The molecule has 0 bridgehead atoms. The predicted octanol–water partition coefficient (Wildman–Crippen LogP) is 9.80. The van der Waals surface area contributed by atoms with E-state index in [4.69, 9.17) is 0 Å². The molecule has 0 aromatic carbocycles. The molecule has 0 aromatic heterocycles. The summed E-state index contributed by atoms with van der Waals surface area (Å²) in [6, 6.07) is 0. The molecule has 2 rings (SSSR count). The Hall–Kier alpha value is -1.04. The van der Waals surface area contributed by atoms with Crippen LogP contribution in [0.3, 0.4) is 0 Å². The van der Waals surface area contributed by atoms with Crippen LogP contribution in [-0.2, 0) is 0 Å². The first kappa shape index (κ1) is 27.0. The van der Waals surface area contributed by atoms with E-state index in [1.54, 1.807) is 6.08 Å². The first-order chi connectivity index (χ1) is 14.4. The van der Waals surface area contributed by atoms with Crippen molar-refractivity contribution in [2.75, 3.05) is 0 Å². The Bertz CT molecular complexity index is 526. The fourth-order valence-electron chi connectivity index (χ4n) is 6.07. The minimum atomic E-state index is 0.364. The largest absolute Gasteiger partial charge is 0.103 e. The lowest BCUT2D eigenvalue weighted by atomic mass is 9.66. The lowest BCUT2D eigenvalue weighted by Crippen LogP contribution is -2.30. The van der Waals surface area contributed by atoms with Crippen LogP contribution in [0.4, 0.5) is 0 Å². The van der Waals surface area contributed by atoms with E-state index >= 15 is 0 Å². The average molecular weight is 413 g/mol.